The first-order chi connectivity index (χ1) is 9.36. The average Bonchev–Trinajstić information content (AvgIpc) is 2.45. The van der Waals surface area contributed by atoms with Gasteiger partial charge in [0.25, 0.3) is 0 Å². The molecule has 4 heteroatoms. The summed E-state index contributed by atoms with van der Waals surface area (Å²) in [4.78, 5) is 0. The standard InChI is InChI=1S/C15H22ClNO2/c16-14-6-1-2-7-15(14)19-12-11-18-10-8-13-5-3-4-9-17-13/h1-2,6-7,13,17H,3-5,8-12H2. The number of halogens is 1. The Kier molecular flexibility index (Phi) is 6.48. The van der Waals surface area contributed by atoms with Crippen LogP contribution in [0.15, 0.2) is 24.3 Å². The van der Waals surface area contributed by atoms with E-state index >= 15 is 0 Å². The van der Waals surface area contributed by atoms with Gasteiger partial charge in [-0.1, -0.05) is 30.2 Å². The van der Waals surface area contributed by atoms with Crippen LogP contribution in [-0.2, 0) is 4.74 Å². The summed E-state index contributed by atoms with van der Waals surface area (Å²) in [5, 5.41) is 4.16. The van der Waals surface area contributed by atoms with Gasteiger partial charge < -0.3 is 14.8 Å². The Labute approximate surface area is 120 Å². The summed E-state index contributed by atoms with van der Waals surface area (Å²) in [7, 11) is 0. The third kappa shape index (κ3) is 5.39. The van der Waals surface area contributed by atoms with Crippen LogP contribution in [0.25, 0.3) is 0 Å². The molecule has 1 saturated heterocycles. The molecule has 0 radical (unpaired) electrons. The van der Waals surface area contributed by atoms with Gasteiger partial charge in [0.2, 0.25) is 0 Å². The Morgan fingerprint density at radius 3 is 2.84 bits per heavy atom. The molecule has 0 spiro atoms. The molecule has 1 unspecified atom stereocenters. The van der Waals surface area contributed by atoms with Gasteiger partial charge in [-0.05, 0) is 37.9 Å². The fourth-order valence-electron chi connectivity index (χ4n) is 2.27. The van der Waals surface area contributed by atoms with Gasteiger partial charge in [0.15, 0.2) is 0 Å². The second-order valence-electron chi connectivity index (χ2n) is 4.83. The lowest BCUT2D eigenvalue weighted by Crippen LogP contribution is -2.34. The van der Waals surface area contributed by atoms with Crippen molar-refractivity contribution in [3.05, 3.63) is 29.3 Å². The summed E-state index contributed by atoms with van der Waals surface area (Å²) >= 11 is 5.99. The van der Waals surface area contributed by atoms with Crippen molar-refractivity contribution in [3.8, 4) is 5.75 Å². The summed E-state index contributed by atoms with van der Waals surface area (Å²) in [5.74, 6) is 0.724. The van der Waals surface area contributed by atoms with Crippen molar-refractivity contribution < 1.29 is 9.47 Å². The molecule has 19 heavy (non-hydrogen) atoms. The van der Waals surface area contributed by atoms with Gasteiger partial charge in [0, 0.05) is 12.6 Å². The van der Waals surface area contributed by atoms with Crippen molar-refractivity contribution in [1.82, 2.24) is 5.32 Å². The number of hydrogen-bond acceptors (Lipinski definition) is 3. The number of para-hydroxylation sites is 1. The van der Waals surface area contributed by atoms with Crippen molar-refractivity contribution in [1.29, 1.82) is 0 Å². The van der Waals surface area contributed by atoms with Crippen LogP contribution in [0.2, 0.25) is 5.02 Å². The number of piperidine rings is 1. The first-order valence-corrected chi connectivity index (χ1v) is 7.42. The zero-order chi connectivity index (χ0) is 13.3. The second kappa shape index (κ2) is 8.41. The Balaban J connectivity index is 1.51. The summed E-state index contributed by atoms with van der Waals surface area (Å²) in [6.07, 6.45) is 5.02. The van der Waals surface area contributed by atoms with Crippen molar-refractivity contribution in [2.45, 2.75) is 31.7 Å². The van der Waals surface area contributed by atoms with Gasteiger partial charge in [0.05, 0.1) is 11.6 Å². The SMILES string of the molecule is Clc1ccccc1OCCOCCC1CCCCN1. The van der Waals surface area contributed by atoms with Crippen molar-refractivity contribution in [3.63, 3.8) is 0 Å². The average molecular weight is 284 g/mol. The van der Waals surface area contributed by atoms with Crippen molar-refractivity contribution >= 4 is 11.6 Å². The van der Waals surface area contributed by atoms with Gasteiger partial charge >= 0.3 is 0 Å². The van der Waals surface area contributed by atoms with Gasteiger partial charge in [-0.15, -0.1) is 0 Å². The molecule has 1 N–H and O–H groups in total. The third-order valence-corrected chi connectivity index (χ3v) is 3.66. The van der Waals surface area contributed by atoms with Crippen LogP contribution in [0.5, 0.6) is 5.75 Å². The molecular weight excluding hydrogens is 262 g/mol. The quantitative estimate of drug-likeness (QED) is 0.779. The molecule has 1 aliphatic rings. The highest BCUT2D eigenvalue weighted by Crippen LogP contribution is 2.22. The topological polar surface area (TPSA) is 30.5 Å². The molecule has 1 heterocycles. The van der Waals surface area contributed by atoms with E-state index in [-0.39, 0.29) is 0 Å². The van der Waals surface area contributed by atoms with Crippen LogP contribution in [0.3, 0.4) is 0 Å². The van der Waals surface area contributed by atoms with Crippen LogP contribution < -0.4 is 10.1 Å². The van der Waals surface area contributed by atoms with Gasteiger partial charge in [-0.3, -0.25) is 0 Å². The Hall–Kier alpha value is -0.770. The minimum atomic E-state index is 0.543. The lowest BCUT2D eigenvalue weighted by molar-refractivity contribution is 0.0911. The van der Waals surface area contributed by atoms with E-state index in [2.05, 4.69) is 5.32 Å². The van der Waals surface area contributed by atoms with E-state index in [1.165, 1.54) is 19.3 Å². The van der Waals surface area contributed by atoms with E-state index in [1.807, 2.05) is 24.3 Å². The van der Waals surface area contributed by atoms with Crippen LogP contribution in [0, 0.1) is 0 Å². The highest BCUT2D eigenvalue weighted by molar-refractivity contribution is 6.32. The number of ether oxygens (including phenoxy) is 2. The number of nitrogens with one attached hydrogen (secondary N) is 1. The molecule has 0 aliphatic carbocycles. The lowest BCUT2D eigenvalue weighted by Gasteiger charge is -2.23. The van der Waals surface area contributed by atoms with E-state index in [4.69, 9.17) is 21.1 Å². The highest BCUT2D eigenvalue weighted by Gasteiger charge is 2.11. The van der Waals surface area contributed by atoms with E-state index in [0.717, 1.165) is 25.3 Å². The maximum Gasteiger partial charge on any atom is 0.138 e. The molecule has 1 atom stereocenters. The largest absolute Gasteiger partial charge is 0.490 e. The van der Waals surface area contributed by atoms with Crippen LogP contribution in [-0.4, -0.2) is 32.4 Å². The highest BCUT2D eigenvalue weighted by atomic mass is 35.5. The monoisotopic (exact) mass is 283 g/mol. The molecule has 1 aliphatic heterocycles. The van der Waals surface area contributed by atoms with E-state index in [0.29, 0.717) is 24.3 Å². The Bertz CT molecular complexity index is 367. The van der Waals surface area contributed by atoms with E-state index < -0.39 is 0 Å². The van der Waals surface area contributed by atoms with Crippen LogP contribution >= 0.6 is 11.6 Å². The first kappa shape index (κ1) is 14.6. The summed E-state index contributed by atoms with van der Waals surface area (Å²) < 4.78 is 11.1. The summed E-state index contributed by atoms with van der Waals surface area (Å²) in [6, 6.07) is 8.14. The molecule has 3 nitrogen and oxygen atoms in total. The molecule has 0 saturated carbocycles. The smallest absolute Gasteiger partial charge is 0.138 e. The predicted molar refractivity (Wildman–Crippen MR) is 78.0 cm³/mol. The fourth-order valence-corrected chi connectivity index (χ4v) is 2.46. The zero-order valence-electron chi connectivity index (χ0n) is 11.2. The molecule has 0 bridgehead atoms. The van der Waals surface area contributed by atoms with Gasteiger partial charge in [0.1, 0.15) is 12.4 Å². The first-order valence-electron chi connectivity index (χ1n) is 7.05. The Morgan fingerprint density at radius 1 is 1.16 bits per heavy atom. The lowest BCUT2D eigenvalue weighted by atomic mass is 10.0. The molecular formula is C15H22ClNO2. The molecule has 1 fully saturated rings. The summed E-state index contributed by atoms with van der Waals surface area (Å²) in [6.45, 7) is 3.10. The maximum absolute atomic E-state index is 5.99. The normalized spacial score (nSPS) is 19.3. The number of benzene rings is 1. The van der Waals surface area contributed by atoms with Crippen molar-refractivity contribution in [2.24, 2.45) is 0 Å². The number of hydrogen-bond donors (Lipinski definition) is 1. The maximum atomic E-state index is 5.99. The summed E-state index contributed by atoms with van der Waals surface area (Å²) in [5.41, 5.74) is 0. The molecule has 1 aromatic rings. The second-order valence-corrected chi connectivity index (χ2v) is 5.23. The molecule has 1 aromatic carbocycles. The molecule has 0 amide bonds. The predicted octanol–water partition coefficient (Wildman–Crippen LogP) is 3.27. The van der Waals surface area contributed by atoms with Gasteiger partial charge in [-0.2, -0.15) is 0 Å². The van der Waals surface area contributed by atoms with Crippen molar-refractivity contribution in [2.75, 3.05) is 26.4 Å². The minimum absolute atomic E-state index is 0.543. The van der Waals surface area contributed by atoms with Gasteiger partial charge in [-0.25, -0.2) is 0 Å². The number of rotatable bonds is 7. The Morgan fingerprint density at radius 2 is 2.05 bits per heavy atom. The van der Waals surface area contributed by atoms with Crippen LogP contribution in [0.4, 0.5) is 0 Å². The molecule has 0 aromatic heterocycles. The third-order valence-electron chi connectivity index (χ3n) is 3.34. The molecule has 106 valence electrons. The minimum Gasteiger partial charge on any atom is -0.490 e. The van der Waals surface area contributed by atoms with Crippen LogP contribution in [0.1, 0.15) is 25.7 Å². The van der Waals surface area contributed by atoms with E-state index in [1.54, 1.807) is 0 Å². The van der Waals surface area contributed by atoms with E-state index in [9.17, 15) is 0 Å². The fraction of sp³-hybridized carbons (Fsp3) is 0.600. The zero-order valence-corrected chi connectivity index (χ0v) is 12.0. The molecule has 2 rings (SSSR count).